The Kier molecular flexibility index (Phi) is 5.66. The van der Waals surface area contributed by atoms with Crippen molar-refractivity contribution >= 4 is 28.4 Å². The molecule has 0 radical (unpaired) electrons. The summed E-state index contributed by atoms with van der Waals surface area (Å²) in [5, 5.41) is 4.30. The van der Waals surface area contributed by atoms with Gasteiger partial charge < -0.3 is 4.57 Å². The summed E-state index contributed by atoms with van der Waals surface area (Å²) in [7, 11) is 1.92. The number of nitrogens with zero attached hydrogens (tertiary/aromatic N) is 4. The minimum Gasteiger partial charge on any atom is -0.308 e. The number of aromatic nitrogens is 3. The third kappa shape index (κ3) is 3.75. The zero-order valence-electron chi connectivity index (χ0n) is 19.7. The Morgan fingerprint density at radius 2 is 1.77 bits per heavy atom. The average molecular weight is 499 g/mol. The minimum absolute atomic E-state index is 0.0992. The van der Waals surface area contributed by atoms with Crippen LogP contribution in [0, 0.1) is 6.92 Å². The van der Waals surface area contributed by atoms with Crippen LogP contribution in [0.4, 0.5) is 5.69 Å². The van der Waals surface area contributed by atoms with Gasteiger partial charge in [-0.1, -0.05) is 48.5 Å². The summed E-state index contributed by atoms with van der Waals surface area (Å²) in [5.74, 6) is 0. The molecule has 2 aromatic carbocycles. The largest absolute Gasteiger partial charge is 0.308 e. The molecule has 6 rings (SSSR count). The van der Waals surface area contributed by atoms with Gasteiger partial charge in [-0.15, -0.1) is 22.7 Å². The summed E-state index contributed by atoms with van der Waals surface area (Å²) < 4.78 is 5.96. The van der Waals surface area contributed by atoms with Crippen molar-refractivity contribution in [1.82, 2.24) is 13.9 Å². The Hall–Kier alpha value is -3.42. The molecule has 5 aromatic rings. The molecule has 1 unspecified atom stereocenters. The van der Waals surface area contributed by atoms with Crippen LogP contribution in [-0.2, 0) is 13.5 Å². The Balaban J connectivity index is 1.59. The van der Waals surface area contributed by atoms with Crippen LogP contribution < -0.4 is 10.4 Å². The Morgan fingerprint density at radius 3 is 2.57 bits per heavy atom. The van der Waals surface area contributed by atoms with Crippen molar-refractivity contribution in [3.8, 4) is 16.3 Å². The van der Waals surface area contributed by atoms with Crippen LogP contribution in [0.25, 0.3) is 16.3 Å². The first kappa shape index (κ1) is 22.1. The second kappa shape index (κ2) is 8.98. The van der Waals surface area contributed by atoms with E-state index in [1.165, 1.54) is 21.7 Å². The van der Waals surface area contributed by atoms with Gasteiger partial charge in [0.15, 0.2) is 10.5 Å². The first-order chi connectivity index (χ1) is 17.1. The molecule has 1 atom stereocenters. The number of thiophene rings is 1. The summed E-state index contributed by atoms with van der Waals surface area (Å²) in [5.41, 5.74) is 6.02. The van der Waals surface area contributed by atoms with Crippen molar-refractivity contribution in [3.05, 3.63) is 109 Å². The maximum absolute atomic E-state index is 13.6. The average Bonchev–Trinajstić information content (AvgIpc) is 3.61. The van der Waals surface area contributed by atoms with Crippen LogP contribution in [-0.4, -0.2) is 13.9 Å². The fourth-order valence-electron chi connectivity index (χ4n) is 5.08. The number of rotatable bonds is 4. The molecule has 176 valence electrons. The number of aryl methyl sites for hydroxylation is 1. The number of thiazole rings is 1. The van der Waals surface area contributed by atoms with Crippen LogP contribution in [0.2, 0.25) is 0 Å². The van der Waals surface area contributed by atoms with Gasteiger partial charge in [0, 0.05) is 12.4 Å². The summed E-state index contributed by atoms with van der Waals surface area (Å²) in [6, 6.07) is 23.0. The molecule has 0 amide bonds. The lowest BCUT2D eigenvalue weighted by molar-refractivity contribution is 0.485. The number of fused-ring (bicyclic) bond motifs is 1. The molecular formula is C28H26N4OS2. The predicted octanol–water partition coefficient (Wildman–Crippen LogP) is 6.23. The van der Waals surface area contributed by atoms with Gasteiger partial charge in [-0.2, -0.15) is 0 Å². The normalized spacial score (nSPS) is 15.9. The van der Waals surface area contributed by atoms with E-state index < -0.39 is 0 Å². The molecule has 0 fully saturated rings. The quantitative estimate of drug-likeness (QED) is 0.289. The molecule has 0 spiro atoms. The van der Waals surface area contributed by atoms with Crippen LogP contribution >= 0.6 is 22.7 Å². The number of para-hydroxylation sites is 1. The van der Waals surface area contributed by atoms with Gasteiger partial charge in [0.2, 0.25) is 0 Å². The van der Waals surface area contributed by atoms with Gasteiger partial charge in [0.25, 0.3) is 5.56 Å². The molecular weight excluding hydrogens is 472 g/mol. The maximum atomic E-state index is 13.6. The summed E-state index contributed by atoms with van der Waals surface area (Å²) in [4.78, 5) is 20.7. The number of benzene rings is 2. The highest BCUT2D eigenvalue weighted by Crippen LogP contribution is 2.36. The lowest BCUT2D eigenvalue weighted by Crippen LogP contribution is -2.26. The molecule has 3 aromatic heterocycles. The van der Waals surface area contributed by atoms with Crippen molar-refractivity contribution in [2.45, 2.75) is 32.2 Å². The standard InChI is InChI=1S/C28H26N4OS2/c1-19-26(27(33)32(30(19)2)21-12-4-3-5-13-21)29-28-31(24(18-35-28)25-16-9-17-34-25)23-15-8-11-20-10-6-7-14-22(20)23/h3-7,9-10,12-14,16-18,23H,8,11,15H2,1-2H3. The van der Waals surface area contributed by atoms with Gasteiger partial charge in [0.05, 0.1) is 28.0 Å². The van der Waals surface area contributed by atoms with E-state index in [2.05, 4.69) is 51.7 Å². The van der Waals surface area contributed by atoms with E-state index in [9.17, 15) is 4.79 Å². The summed E-state index contributed by atoms with van der Waals surface area (Å²) >= 11 is 3.35. The van der Waals surface area contributed by atoms with Crippen LogP contribution in [0.3, 0.4) is 0 Å². The van der Waals surface area contributed by atoms with Crippen molar-refractivity contribution in [1.29, 1.82) is 0 Å². The highest BCUT2D eigenvalue weighted by Gasteiger charge is 2.26. The Bertz CT molecular complexity index is 1620. The van der Waals surface area contributed by atoms with Crippen molar-refractivity contribution < 1.29 is 0 Å². The maximum Gasteiger partial charge on any atom is 0.297 e. The third-order valence-electron chi connectivity index (χ3n) is 6.90. The predicted molar refractivity (Wildman–Crippen MR) is 144 cm³/mol. The smallest absolute Gasteiger partial charge is 0.297 e. The van der Waals surface area contributed by atoms with E-state index >= 15 is 0 Å². The SMILES string of the molecule is Cc1c(N=c2scc(-c3cccs3)n2C2CCCc3ccccc32)c(=O)n(-c2ccccc2)n1C. The third-order valence-corrected chi connectivity index (χ3v) is 8.63. The van der Waals surface area contributed by atoms with Crippen LogP contribution in [0.15, 0.2) is 87.3 Å². The van der Waals surface area contributed by atoms with Gasteiger partial charge in [-0.25, -0.2) is 9.67 Å². The summed E-state index contributed by atoms with van der Waals surface area (Å²) in [6.07, 6.45) is 3.30. The van der Waals surface area contributed by atoms with E-state index in [-0.39, 0.29) is 11.6 Å². The zero-order valence-corrected chi connectivity index (χ0v) is 21.4. The molecule has 35 heavy (non-hydrogen) atoms. The highest BCUT2D eigenvalue weighted by atomic mass is 32.1. The molecule has 0 bridgehead atoms. The van der Waals surface area contributed by atoms with Gasteiger partial charge in [-0.05, 0) is 60.9 Å². The van der Waals surface area contributed by atoms with Gasteiger partial charge in [0.1, 0.15) is 0 Å². The van der Waals surface area contributed by atoms with Crippen LogP contribution in [0.5, 0.6) is 0 Å². The van der Waals surface area contributed by atoms with Gasteiger partial charge in [-0.3, -0.25) is 9.48 Å². The number of hydrogen-bond acceptors (Lipinski definition) is 4. The Labute approximate surface area is 211 Å². The molecule has 3 heterocycles. The van der Waals surface area contributed by atoms with Crippen molar-refractivity contribution in [2.75, 3.05) is 0 Å². The highest BCUT2D eigenvalue weighted by molar-refractivity contribution is 7.14. The molecule has 0 saturated heterocycles. The lowest BCUT2D eigenvalue weighted by atomic mass is 9.87. The van der Waals surface area contributed by atoms with E-state index in [1.807, 2.05) is 49.0 Å². The second-order valence-corrected chi connectivity index (χ2v) is 10.7. The molecule has 0 saturated carbocycles. The monoisotopic (exact) mass is 498 g/mol. The lowest BCUT2D eigenvalue weighted by Gasteiger charge is -2.28. The van der Waals surface area contributed by atoms with Crippen LogP contribution in [0.1, 0.15) is 35.7 Å². The summed E-state index contributed by atoms with van der Waals surface area (Å²) in [6.45, 7) is 1.97. The molecule has 1 aliphatic rings. The minimum atomic E-state index is -0.0992. The molecule has 0 aliphatic heterocycles. The van der Waals surface area contributed by atoms with E-state index in [1.54, 1.807) is 27.4 Å². The fourth-order valence-corrected chi connectivity index (χ4v) is 6.84. The van der Waals surface area contributed by atoms with Crippen molar-refractivity contribution in [3.63, 3.8) is 0 Å². The fraction of sp³-hybridized carbons (Fsp3) is 0.214. The molecule has 7 heteroatoms. The Morgan fingerprint density at radius 1 is 0.971 bits per heavy atom. The van der Waals surface area contributed by atoms with Gasteiger partial charge >= 0.3 is 0 Å². The first-order valence-electron chi connectivity index (χ1n) is 11.8. The van der Waals surface area contributed by atoms with Crippen molar-refractivity contribution in [2.24, 2.45) is 12.0 Å². The topological polar surface area (TPSA) is 44.2 Å². The molecule has 0 N–H and O–H groups in total. The molecule has 1 aliphatic carbocycles. The zero-order chi connectivity index (χ0) is 23.9. The van der Waals surface area contributed by atoms with E-state index in [0.29, 0.717) is 5.69 Å². The number of hydrogen-bond donors (Lipinski definition) is 0. The second-order valence-electron chi connectivity index (χ2n) is 8.88. The van der Waals surface area contributed by atoms with E-state index in [0.717, 1.165) is 35.4 Å². The van der Waals surface area contributed by atoms with E-state index in [4.69, 9.17) is 4.99 Å². The molecule has 5 nitrogen and oxygen atoms in total. The first-order valence-corrected chi connectivity index (χ1v) is 13.6.